The number of benzene rings is 2. The van der Waals surface area contributed by atoms with Gasteiger partial charge in [0.05, 0.1) is 0 Å². The first-order valence-electron chi connectivity index (χ1n) is 10.6. The Bertz CT molecular complexity index is 970. The summed E-state index contributed by atoms with van der Waals surface area (Å²) in [6.45, 7) is 4.87. The van der Waals surface area contributed by atoms with Crippen molar-refractivity contribution in [2.45, 2.75) is 39.5 Å². The van der Waals surface area contributed by atoms with Gasteiger partial charge in [0, 0.05) is 30.1 Å². The predicted octanol–water partition coefficient (Wildman–Crippen LogP) is 4.46. The number of hydrogen-bond donors (Lipinski definition) is 1. The number of amides is 1. The highest BCUT2D eigenvalue weighted by molar-refractivity contribution is 7.92. The molecule has 0 saturated carbocycles. The summed E-state index contributed by atoms with van der Waals surface area (Å²) in [6, 6.07) is 15.5. The molecule has 160 valence electrons. The summed E-state index contributed by atoms with van der Waals surface area (Å²) in [4.78, 5) is 12.9. The third kappa shape index (κ3) is 5.37. The summed E-state index contributed by atoms with van der Waals surface area (Å²) in [5.74, 6) is -0.188. The number of para-hydroxylation sites is 1. The van der Waals surface area contributed by atoms with Gasteiger partial charge >= 0.3 is 0 Å². The van der Waals surface area contributed by atoms with Gasteiger partial charge in [-0.3, -0.25) is 4.79 Å². The van der Waals surface area contributed by atoms with Crippen molar-refractivity contribution in [3.8, 4) is 0 Å². The molecule has 1 heterocycles. The average molecular weight is 427 g/mol. The van der Waals surface area contributed by atoms with E-state index < -0.39 is 10.0 Å². The Morgan fingerprint density at radius 3 is 2.17 bits per heavy atom. The van der Waals surface area contributed by atoms with Crippen molar-refractivity contribution in [3.63, 3.8) is 0 Å². The monoisotopic (exact) mass is 426 g/mol. The number of carbonyl (C=O) groups excluding carboxylic acids is 1. The van der Waals surface area contributed by atoms with Crippen molar-refractivity contribution in [3.05, 3.63) is 70.6 Å². The smallest absolute Gasteiger partial charge is 0.236 e. The van der Waals surface area contributed by atoms with Crippen LogP contribution in [0.25, 0.3) is 6.08 Å². The predicted molar refractivity (Wildman–Crippen MR) is 123 cm³/mol. The van der Waals surface area contributed by atoms with Crippen LogP contribution < -0.4 is 5.32 Å². The zero-order valence-electron chi connectivity index (χ0n) is 17.7. The molecule has 1 saturated heterocycles. The standard InChI is InChI=1S/C24H30N2O3S/c1-3-20-11-8-12-21(4-2)23(20)25-24(27)22-13-16-26(17-14-22)30(28,29)18-15-19-9-6-5-7-10-19/h5-12,15,18,22H,3-4,13-14,16-17H2,1-2H3,(H,25,27)/b18-15+. The maximum atomic E-state index is 12.9. The van der Waals surface area contributed by atoms with Crippen LogP contribution in [0, 0.1) is 5.92 Å². The van der Waals surface area contributed by atoms with Crippen molar-refractivity contribution in [2.75, 3.05) is 18.4 Å². The summed E-state index contributed by atoms with van der Waals surface area (Å²) < 4.78 is 26.7. The van der Waals surface area contributed by atoms with Crippen LogP contribution in [0.15, 0.2) is 53.9 Å². The van der Waals surface area contributed by atoms with Gasteiger partial charge < -0.3 is 5.32 Å². The van der Waals surface area contributed by atoms with E-state index in [1.54, 1.807) is 6.08 Å². The molecule has 0 unspecified atom stereocenters. The second-order valence-electron chi connectivity index (χ2n) is 7.58. The molecule has 0 radical (unpaired) electrons. The molecule has 30 heavy (non-hydrogen) atoms. The van der Waals surface area contributed by atoms with Gasteiger partial charge in [0.2, 0.25) is 15.9 Å². The Morgan fingerprint density at radius 2 is 1.60 bits per heavy atom. The number of carbonyl (C=O) groups is 1. The topological polar surface area (TPSA) is 66.5 Å². The number of anilines is 1. The van der Waals surface area contributed by atoms with Gasteiger partial charge in [-0.2, -0.15) is 4.31 Å². The van der Waals surface area contributed by atoms with E-state index in [0.717, 1.165) is 35.2 Å². The highest BCUT2D eigenvalue weighted by Crippen LogP contribution is 2.26. The summed E-state index contributed by atoms with van der Waals surface area (Å²) in [6.07, 6.45) is 4.38. The molecule has 6 heteroatoms. The minimum Gasteiger partial charge on any atom is -0.325 e. The average Bonchev–Trinajstić information content (AvgIpc) is 2.78. The first-order chi connectivity index (χ1) is 14.4. The van der Waals surface area contributed by atoms with Crippen molar-refractivity contribution in [1.29, 1.82) is 0 Å². The minimum absolute atomic E-state index is 0.0116. The molecule has 1 amide bonds. The molecule has 1 N–H and O–H groups in total. The summed E-state index contributed by atoms with van der Waals surface area (Å²) >= 11 is 0. The largest absolute Gasteiger partial charge is 0.325 e. The normalized spacial score (nSPS) is 16.1. The van der Waals surface area contributed by atoms with E-state index in [2.05, 4.69) is 19.2 Å². The molecule has 0 aliphatic carbocycles. The zero-order chi connectivity index (χ0) is 21.6. The van der Waals surface area contributed by atoms with Gasteiger partial charge in [-0.05, 0) is 48.4 Å². The van der Waals surface area contributed by atoms with Crippen molar-refractivity contribution >= 4 is 27.7 Å². The fourth-order valence-electron chi connectivity index (χ4n) is 3.82. The zero-order valence-corrected chi connectivity index (χ0v) is 18.5. The highest BCUT2D eigenvalue weighted by atomic mass is 32.2. The van der Waals surface area contributed by atoms with Crippen LogP contribution in [-0.2, 0) is 27.7 Å². The number of nitrogens with one attached hydrogen (secondary N) is 1. The molecule has 2 aromatic rings. The second kappa shape index (κ2) is 10.0. The van der Waals surface area contributed by atoms with E-state index in [1.165, 1.54) is 9.71 Å². The number of hydrogen-bond acceptors (Lipinski definition) is 3. The molecule has 0 atom stereocenters. The van der Waals surface area contributed by atoms with Gasteiger partial charge in [0.1, 0.15) is 0 Å². The maximum absolute atomic E-state index is 12.9. The lowest BCUT2D eigenvalue weighted by atomic mass is 9.96. The van der Waals surface area contributed by atoms with Gasteiger partial charge in [0.15, 0.2) is 0 Å². The number of rotatable bonds is 7. The second-order valence-corrected chi connectivity index (χ2v) is 9.40. The lowest BCUT2D eigenvalue weighted by Crippen LogP contribution is -2.40. The third-order valence-corrected chi connectivity index (χ3v) is 7.23. The fraction of sp³-hybridized carbons (Fsp3) is 0.375. The third-order valence-electron chi connectivity index (χ3n) is 5.66. The van der Waals surface area contributed by atoms with E-state index >= 15 is 0 Å². The Labute approximate surface area is 179 Å². The summed E-state index contributed by atoms with van der Waals surface area (Å²) in [7, 11) is -3.49. The van der Waals surface area contributed by atoms with Gasteiger partial charge in [-0.1, -0.05) is 62.4 Å². The van der Waals surface area contributed by atoms with Crippen molar-refractivity contribution < 1.29 is 13.2 Å². The van der Waals surface area contributed by atoms with Gasteiger partial charge in [-0.25, -0.2) is 8.42 Å². The van der Waals surface area contributed by atoms with E-state index in [9.17, 15) is 13.2 Å². The van der Waals surface area contributed by atoms with E-state index in [4.69, 9.17) is 0 Å². The number of nitrogens with zero attached hydrogens (tertiary/aromatic N) is 1. The Kier molecular flexibility index (Phi) is 7.45. The highest BCUT2D eigenvalue weighted by Gasteiger charge is 2.30. The summed E-state index contributed by atoms with van der Waals surface area (Å²) in [5.41, 5.74) is 4.03. The SMILES string of the molecule is CCc1cccc(CC)c1NC(=O)C1CCN(S(=O)(=O)/C=C/c2ccccc2)CC1. The van der Waals surface area contributed by atoms with E-state index in [1.807, 2.05) is 48.5 Å². The Morgan fingerprint density at radius 1 is 1.00 bits per heavy atom. The van der Waals surface area contributed by atoms with Crippen LogP contribution >= 0.6 is 0 Å². The molecule has 0 bridgehead atoms. The van der Waals surface area contributed by atoms with Crippen LogP contribution in [0.5, 0.6) is 0 Å². The van der Waals surface area contributed by atoms with Crippen LogP contribution in [0.1, 0.15) is 43.4 Å². The molecule has 0 aromatic heterocycles. The van der Waals surface area contributed by atoms with Crippen LogP contribution in [-0.4, -0.2) is 31.7 Å². The Hall–Kier alpha value is -2.44. The molecule has 1 aliphatic rings. The number of aryl methyl sites for hydroxylation is 2. The van der Waals surface area contributed by atoms with E-state index in [-0.39, 0.29) is 11.8 Å². The molecule has 1 aliphatic heterocycles. The molecular weight excluding hydrogens is 396 g/mol. The minimum atomic E-state index is -3.49. The molecule has 0 spiro atoms. The van der Waals surface area contributed by atoms with Crippen molar-refractivity contribution in [1.82, 2.24) is 4.31 Å². The van der Waals surface area contributed by atoms with Crippen LogP contribution in [0.3, 0.4) is 0 Å². The maximum Gasteiger partial charge on any atom is 0.236 e. The molecule has 1 fully saturated rings. The Balaban J connectivity index is 1.61. The van der Waals surface area contributed by atoms with Crippen LogP contribution in [0.2, 0.25) is 0 Å². The van der Waals surface area contributed by atoms with E-state index in [0.29, 0.717) is 25.9 Å². The quantitative estimate of drug-likeness (QED) is 0.711. The molecule has 5 nitrogen and oxygen atoms in total. The van der Waals surface area contributed by atoms with Crippen LogP contribution in [0.4, 0.5) is 5.69 Å². The lowest BCUT2D eigenvalue weighted by molar-refractivity contribution is -0.120. The van der Waals surface area contributed by atoms with Crippen molar-refractivity contribution in [2.24, 2.45) is 5.92 Å². The van der Waals surface area contributed by atoms with Gasteiger partial charge in [-0.15, -0.1) is 0 Å². The molecule has 2 aromatic carbocycles. The fourth-order valence-corrected chi connectivity index (χ4v) is 5.04. The first-order valence-corrected chi connectivity index (χ1v) is 12.1. The number of piperidine rings is 1. The number of sulfonamides is 1. The lowest BCUT2D eigenvalue weighted by Gasteiger charge is -2.30. The molecular formula is C24H30N2O3S. The summed E-state index contributed by atoms with van der Waals surface area (Å²) in [5, 5.41) is 4.39. The first kappa shape index (κ1) is 22.2. The molecule has 3 rings (SSSR count). The van der Waals surface area contributed by atoms with Gasteiger partial charge in [0.25, 0.3) is 0 Å².